The zero-order chi connectivity index (χ0) is 16.8. The van der Waals surface area contributed by atoms with Crippen LogP contribution in [0.1, 0.15) is 24.8 Å². The lowest BCUT2D eigenvalue weighted by atomic mass is 10.2. The second-order valence-corrected chi connectivity index (χ2v) is 8.01. The van der Waals surface area contributed by atoms with Crippen molar-refractivity contribution >= 4 is 52.9 Å². The second kappa shape index (κ2) is 10.8. The Kier molecular flexibility index (Phi) is 9.88. The fourth-order valence-corrected chi connectivity index (χ4v) is 3.83. The normalized spacial score (nSPS) is 17.8. The molecule has 2 rings (SSSR count). The molecule has 1 aromatic heterocycles. The van der Waals surface area contributed by atoms with Crippen molar-refractivity contribution in [3.63, 3.8) is 0 Å². The van der Waals surface area contributed by atoms with Crippen molar-refractivity contribution in [2.45, 2.75) is 20.0 Å². The molecule has 5 nitrogen and oxygen atoms in total. The van der Waals surface area contributed by atoms with Gasteiger partial charge in [0.1, 0.15) is 6.10 Å². The zero-order valence-electron chi connectivity index (χ0n) is 14.5. The molecule has 1 unspecified atom stereocenters. The average Bonchev–Trinajstić information content (AvgIpc) is 2.95. The van der Waals surface area contributed by atoms with E-state index in [0.717, 1.165) is 43.6 Å². The molecule has 24 heavy (non-hydrogen) atoms. The third-order valence-electron chi connectivity index (χ3n) is 3.88. The Morgan fingerprint density at radius 2 is 2.00 bits per heavy atom. The first-order chi connectivity index (χ1) is 11.0. The molecule has 138 valence electrons. The molecule has 2 heterocycles. The van der Waals surface area contributed by atoms with Gasteiger partial charge < -0.3 is 15.3 Å². The zero-order valence-corrected chi connectivity index (χ0v) is 18.4. The summed E-state index contributed by atoms with van der Waals surface area (Å²) in [5.41, 5.74) is 0. The van der Waals surface area contributed by atoms with Crippen molar-refractivity contribution in [1.82, 2.24) is 15.1 Å². The van der Waals surface area contributed by atoms with Crippen molar-refractivity contribution in [1.29, 1.82) is 0 Å². The Morgan fingerprint density at radius 3 is 2.50 bits per heavy atom. The predicted molar refractivity (Wildman–Crippen MR) is 114 cm³/mol. The van der Waals surface area contributed by atoms with Crippen molar-refractivity contribution in [2.75, 3.05) is 46.3 Å². The number of piperazine rings is 1. The molecule has 8 heteroatoms. The first-order valence-electron chi connectivity index (χ1n) is 8.11. The molecule has 1 atom stereocenters. The average molecular weight is 487 g/mol. The minimum absolute atomic E-state index is 0. The second-order valence-electron chi connectivity index (χ2n) is 6.27. The third-order valence-corrected chi connectivity index (χ3v) is 5.22. The molecule has 0 amide bonds. The molecule has 0 aromatic carbocycles. The molecule has 2 N–H and O–H groups in total. The molecule has 0 aliphatic carbocycles. The third kappa shape index (κ3) is 6.67. The highest BCUT2D eigenvalue weighted by Gasteiger charge is 2.20. The number of aliphatic hydroxyl groups excluding tert-OH is 1. The predicted octanol–water partition coefficient (Wildman–Crippen LogP) is 2.90. The summed E-state index contributed by atoms with van der Waals surface area (Å²) in [6, 6.07) is 3.68. The van der Waals surface area contributed by atoms with E-state index in [9.17, 15) is 5.11 Å². The van der Waals surface area contributed by atoms with Crippen molar-refractivity contribution in [3.8, 4) is 0 Å². The van der Waals surface area contributed by atoms with Crippen molar-refractivity contribution in [3.05, 3.63) is 21.3 Å². The number of rotatable bonds is 5. The number of nitrogens with one attached hydrogen (secondary N) is 1. The van der Waals surface area contributed by atoms with E-state index >= 15 is 0 Å². The molecule has 1 saturated heterocycles. The summed E-state index contributed by atoms with van der Waals surface area (Å²) >= 11 is 7.33. The summed E-state index contributed by atoms with van der Waals surface area (Å²) in [5, 5.41) is 13.5. The molecule has 1 aliphatic rings. The maximum Gasteiger partial charge on any atom is 0.193 e. The molecular weight excluding hydrogens is 459 g/mol. The highest BCUT2D eigenvalue weighted by atomic mass is 127. The number of nitrogens with zero attached hydrogens (tertiary/aromatic N) is 3. The Labute approximate surface area is 171 Å². The topological polar surface area (TPSA) is 51.1 Å². The fourth-order valence-electron chi connectivity index (χ4n) is 2.79. The van der Waals surface area contributed by atoms with E-state index in [1.165, 1.54) is 11.3 Å². The van der Waals surface area contributed by atoms with Crippen LogP contribution in [-0.4, -0.2) is 67.2 Å². The van der Waals surface area contributed by atoms with Gasteiger partial charge in [-0.2, -0.15) is 0 Å². The van der Waals surface area contributed by atoms with E-state index in [0.29, 0.717) is 16.8 Å². The van der Waals surface area contributed by atoms with Gasteiger partial charge in [0.25, 0.3) is 0 Å². The lowest BCUT2D eigenvalue weighted by molar-refractivity contribution is 0.159. The van der Waals surface area contributed by atoms with Crippen molar-refractivity contribution < 1.29 is 5.11 Å². The van der Waals surface area contributed by atoms with Gasteiger partial charge in [0.15, 0.2) is 5.96 Å². The summed E-state index contributed by atoms with van der Waals surface area (Å²) in [7, 11) is 1.79. The molecular formula is C16H28ClIN4OS. The Bertz CT molecular complexity index is 518. The van der Waals surface area contributed by atoms with Crippen molar-refractivity contribution in [2.24, 2.45) is 10.9 Å². The SMILES string of the molecule is CN=C(NCC(O)c1ccc(Cl)s1)N1CCN(CC(C)C)CC1.I. The number of hydrogen-bond donors (Lipinski definition) is 2. The summed E-state index contributed by atoms with van der Waals surface area (Å²) in [6.45, 7) is 10.1. The van der Waals surface area contributed by atoms with Crippen LogP contribution in [-0.2, 0) is 0 Å². The minimum Gasteiger partial charge on any atom is -0.386 e. The molecule has 0 spiro atoms. The Morgan fingerprint density at radius 1 is 1.33 bits per heavy atom. The highest BCUT2D eigenvalue weighted by molar-refractivity contribution is 14.0. The highest BCUT2D eigenvalue weighted by Crippen LogP contribution is 2.26. The Balaban J connectivity index is 0.00000288. The van der Waals surface area contributed by atoms with E-state index in [2.05, 4.69) is 34.0 Å². The van der Waals surface area contributed by atoms with Crippen LogP contribution in [0.15, 0.2) is 17.1 Å². The number of aliphatic imine (C=N–C) groups is 1. The van der Waals surface area contributed by atoms with Gasteiger partial charge in [0.2, 0.25) is 0 Å². The standard InChI is InChI=1S/C16H27ClN4OS.HI/c1-12(2)11-20-6-8-21(9-7-20)16(18-3)19-10-13(22)14-4-5-15(17)23-14;/h4-5,12-13,22H,6-11H2,1-3H3,(H,18,19);1H. The molecule has 0 saturated carbocycles. The van der Waals surface area contributed by atoms with Gasteiger partial charge >= 0.3 is 0 Å². The van der Waals surface area contributed by atoms with Crippen LogP contribution in [0.4, 0.5) is 0 Å². The van der Waals surface area contributed by atoms with Gasteiger partial charge in [-0.15, -0.1) is 35.3 Å². The smallest absolute Gasteiger partial charge is 0.193 e. The summed E-state index contributed by atoms with van der Waals surface area (Å²) in [4.78, 5) is 9.97. The lowest BCUT2D eigenvalue weighted by Gasteiger charge is -2.37. The van der Waals surface area contributed by atoms with Gasteiger partial charge in [-0.05, 0) is 18.1 Å². The van der Waals surface area contributed by atoms with E-state index in [-0.39, 0.29) is 24.0 Å². The van der Waals surface area contributed by atoms with Crippen LogP contribution in [0.2, 0.25) is 4.34 Å². The maximum absolute atomic E-state index is 10.2. The number of guanidine groups is 1. The minimum atomic E-state index is -0.563. The van der Waals surface area contributed by atoms with E-state index in [1.54, 1.807) is 7.05 Å². The van der Waals surface area contributed by atoms with Crippen LogP contribution in [0.5, 0.6) is 0 Å². The van der Waals surface area contributed by atoms with Gasteiger partial charge in [0, 0.05) is 51.2 Å². The first-order valence-corrected chi connectivity index (χ1v) is 9.30. The van der Waals surface area contributed by atoms with Gasteiger partial charge in [0.05, 0.1) is 4.34 Å². The maximum atomic E-state index is 10.2. The summed E-state index contributed by atoms with van der Waals surface area (Å²) in [6.07, 6.45) is -0.563. The van der Waals surface area contributed by atoms with Crippen LogP contribution >= 0.6 is 46.9 Å². The number of hydrogen-bond acceptors (Lipinski definition) is 4. The molecule has 0 radical (unpaired) electrons. The largest absolute Gasteiger partial charge is 0.386 e. The molecule has 0 bridgehead atoms. The van der Waals surface area contributed by atoms with Crippen LogP contribution in [0.3, 0.4) is 0 Å². The quantitative estimate of drug-likeness (QED) is 0.382. The Hall–Kier alpha value is -0.0900. The van der Waals surface area contributed by atoms with E-state index in [1.807, 2.05) is 12.1 Å². The monoisotopic (exact) mass is 486 g/mol. The van der Waals surface area contributed by atoms with Gasteiger partial charge in [-0.1, -0.05) is 25.4 Å². The summed E-state index contributed by atoms with van der Waals surface area (Å²) in [5.74, 6) is 1.56. The van der Waals surface area contributed by atoms with Gasteiger partial charge in [-0.25, -0.2) is 0 Å². The fraction of sp³-hybridized carbons (Fsp3) is 0.688. The van der Waals surface area contributed by atoms with Crippen LogP contribution in [0.25, 0.3) is 0 Å². The van der Waals surface area contributed by atoms with Crippen LogP contribution < -0.4 is 5.32 Å². The molecule has 1 fully saturated rings. The number of aliphatic hydroxyl groups is 1. The number of thiophene rings is 1. The lowest BCUT2D eigenvalue weighted by Crippen LogP contribution is -2.53. The molecule has 1 aliphatic heterocycles. The van der Waals surface area contributed by atoms with E-state index in [4.69, 9.17) is 11.6 Å². The molecule has 1 aromatic rings. The summed E-state index contributed by atoms with van der Waals surface area (Å²) < 4.78 is 0.699. The van der Waals surface area contributed by atoms with Crippen LogP contribution in [0, 0.1) is 5.92 Å². The van der Waals surface area contributed by atoms with E-state index < -0.39 is 6.10 Å². The number of halogens is 2. The first kappa shape index (κ1) is 22.0. The van der Waals surface area contributed by atoms with Gasteiger partial charge in [-0.3, -0.25) is 9.89 Å².